The summed E-state index contributed by atoms with van der Waals surface area (Å²) in [5.74, 6) is -2.71. The highest BCUT2D eigenvalue weighted by atomic mass is 19.1. The van der Waals surface area contributed by atoms with E-state index in [9.17, 15) is 24.4 Å². The van der Waals surface area contributed by atoms with Crippen LogP contribution in [0.5, 0.6) is 0 Å². The van der Waals surface area contributed by atoms with Gasteiger partial charge in [0.1, 0.15) is 11.5 Å². The minimum Gasteiger partial charge on any atom is -0.478 e. The van der Waals surface area contributed by atoms with Gasteiger partial charge < -0.3 is 15.5 Å². The van der Waals surface area contributed by atoms with Gasteiger partial charge in [0, 0.05) is 6.54 Å². The van der Waals surface area contributed by atoms with Gasteiger partial charge in [-0.05, 0) is 19.4 Å². The van der Waals surface area contributed by atoms with Gasteiger partial charge in [0.05, 0.1) is 22.2 Å². The van der Waals surface area contributed by atoms with E-state index in [4.69, 9.17) is 5.11 Å². The maximum atomic E-state index is 13.4. The summed E-state index contributed by atoms with van der Waals surface area (Å²) in [4.78, 5) is 20.8. The Bertz CT molecular complexity index is 545. The molecule has 0 saturated heterocycles. The average molecular weight is 286 g/mol. The topological polar surface area (TPSA) is 113 Å². The maximum absolute atomic E-state index is 13.4. The van der Waals surface area contributed by atoms with Crippen LogP contribution in [-0.4, -0.2) is 33.3 Å². The van der Waals surface area contributed by atoms with Crippen molar-refractivity contribution >= 4 is 17.3 Å². The summed E-state index contributed by atoms with van der Waals surface area (Å²) in [5.41, 5.74) is -2.53. The van der Waals surface area contributed by atoms with Crippen molar-refractivity contribution < 1.29 is 24.3 Å². The lowest BCUT2D eigenvalue weighted by Gasteiger charge is -2.22. The predicted octanol–water partition coefficient (Wildman–Crippen LogP) is 2.00. The Balaban J connectivity index is 3.18. The van der Waals surface area contributed by atoms with Crippen molar-refractivity contribution in [3.8, 4) is 0 Å². The largest absolute Gasteiger partial charge is 0.478 e. The number of nitro benzene ring substituents is 1. The molecule has 20 heavy (non-hydrogen) atoms. The second kappa shape index (κ2) is 5.83. The normalized spacial score (nSPS) is 13.6. The molecule has 0 spiro atoms. The van der Waals surface area contributed by atoms with E-state index in [0.29, 0.717) is 12.5 Å². The highest BCUT2D eigenvalue weighted by Gasteiger charge is 2.24. The van der Waals surface area contributed by atoms with Gasteiger partial charge >= 0.3 is 5.97 Å². The van der Waals surface area contributed by atoms with E-state index in [-0.39, 0.29) is 12.2 Å². The number of carboxylic acid groups (broad SMARTS) is 1. The average Bonchev–Trinajstić information content (AvgIpc) is 2.36. The van der Waals surface area contributed by atoms with E-state index in [2.05, 4.69) is 5.32 Å². The molecule has 1 aromatic rings. The Morgan fingerprint density at radius 2 is 2.15 bits per heavy atom. The molecule has 1 aromatic carbocycles. The van der Waals surface area contributed by atoms with Gasteiger partial charge in [-0.3, -0.25) is 10.1 Å². The molecule has 0 aromatic heterocycles. The Morgan fingerprint density at radius 1 is 1.55 bits per heavy atom. The molecule has 0 saturated carbocycles. The number of anilines is 1. The minimum absolute atomic E-state index is 0.0327. The fraction of sp³-hybridized carbons (Fsp3) is 0.417. The van der Waals surface area contributed by atoms with Crippen LogP contribution in [0.4, 0.5) is 15.8 Å². The molecule has 0 bridgehead atoms. The zero-order chi connectivity index (χ0) is 15.5. The number of carbonyl (C=O) groups is 1. The smallest absolute Gasteiger partial charge is 0.338 e. The number of hydrogen-bond donors (Lipinski definition) is 3. The standard InChI is InChI=1S/C12H15FN2O5/c1-3-12(2,18)6-14-9-4-7(11(16)17)8(13)5-10(9)15(19)20/h4-5,14,18H,3,6H2,1-2H3,(H,16,17). The van der Waals surface area contributed by atoms with E-state index < -0.39 is 33.6 Å². The van der Waals surface area contributed by atoms with Crippen LogP contribution in [0.25, 0.3) is 0 Å². The number of aliphatic hydroxyl groups is 1. The van der Waals surface area contributed by atoms with E-state index >= 15 is 0 Å². The molecule has 0 amide bonds. The summed E-state index contributed by atoms with van der Waals surface area (Å²) in [6.45, 7) is 3.21. The summed E-state index contributed by atoms with van der Waals surface area (Å²) in [6.07, 6.45) is 0.390. The van der Waals surface area contributed by atoms with E-state index in [0.717, 1.165) is 6.07 Å². The summed E-state index contributed by atoms with van der Waals surface area (Å²) < 4.78 is 13.4. The van der Waals surface area contributed by atoms with Crippen molar-refractivity contribution in [3.05, 3.63) is 33.6 Å². The number of benzene rings is 1. The van der Waals surface area contributed by atoms with Crippen molar-refractivity contribution in [2.75, 3.05) is 11.9 Å². The highest BCUT2D eigenvalue weighted by Crippen LogP contribution is 2.28. The van der Waals surface area contributed by atoms with Gasteiger partial charge in [0.2, 0.25) is 0 Å². The maximum Gasteiger partial charge on any atom is 0.338 e. The first-order chi connectivity index (χ1) is 9.18. The second-order valence-corrected chi connectivity index (χ2v) is 4.62. The van der Waals surface area contributed by atoms with Crippen LogP contribution >= 0.6 is 0 Å². The van der Waals surface area contributed by atoms with Crippen LogP contribution in [0.15, 0.2) is 12.1 Å². The molecular formula is C12H15FN2O5. The molecule has 0 aliphatic heterocycles. The Labute approximate surface area is 114 Å². The molecule has 3 N–H and O–H groups in total. The first-order valence-corrected chi connectivity index (χ1v) is 5.85. The molecular weight excluding hydrogens is 271 g/mol. The summed E-state index contributed by atoms with van der Waals surface area (Å²) >= 11 is 0. The predicted molar refractivity (Wildman–Crippen MR) is 69.4 cm³/mol. The SMILES string of the molecule is CCC(C)(O)CNc1cc(C(=O)O)c(F)cc1[N+](=O)[O-]. The van der Waals surface area contributed by atoms with Crippen molar-refractivity contribution in [1.82, 2.24) is 0 Å². The van der Waals surface area contributed by atoms with E-state index in [1.165, 1.54) is 6.92 Å². The van der Waals surface area contributed by atoms with Crippen LogP contribution in [0.2, 0.25) is 0 Å². The van der Waals surface area contributed by atoms with Gasteiger partial charge in [-0.15, -0.1) is 0 Å². The molecule has 1 atom stereocenters. The molecule has 1 rings (SSSR count). The Kier molecular flexibility index (Phi) is 4.61. The zero-order valence-corrected chi connectivity index (χ0v) is 11.0. The van der Waals surface area contributed by atoms with Gasteiger partial charge in [-0.25, -0.2) is 9.18 Å². The zero-order valence-electron chi connectivity index (χ0n) is 11.0. The van der Waals surface area contributed by atoms with Crippen LogP contribution in [0.1, 0.15) is 30.6 Å². The third kappa shape index (κ3) is 3.64. The monoisotopic (exact) mass is 286 g/mol. The second-order valence-electron chi connectivity index (χ2n) is 4.62. The number of hydrogen-bond acceptors (Lipinski definition) is 5. The number of rotatable bonds is 6. The molecule has 0 heterocycles. The van der Waals surface area contributed by atoms with E-state index in [1.54, 1.807) is 6.92 Å². The van der Waals surface area contributed by atoms with Gasteiger partial charge in [-0.1, -0.05) is 6.92 Å². The summed E-state index contributed by atoms with van der Waals surface area (Å²) in [7, 11) is 0. The van der Waals surface area contributed by atoms with Gasteiger partial charge in [0.15, 0.2) is 0 Å². The fourth-order valence-electron chi connectivity index (χ4n) is 1.43. The molecule has 0 aliphatic rings. The van der Waals surface area contributed by atoms with Crippen molar-refractivity contribution in [1.29, 1.82) is 0 Å². The molecule has 8 heteroatoms. The number of carboxylic acids is 1. The molecule has 0 fully saturated rings. The van der Waals surface area contributed by atoms with Crippen molar-refractivity contribution in [2.24, 2.45) is 0 Å². The third-order valence-corrected chi connectivity index (χ3v) is 2.93. The Hall–Kier alpha value is -2.22. The molecule has 0 radical (unpaired) electrons. The highest BCUT2D eigenvalue weighted by molar-refractivity contribution is 5.90. The fourth-order valence-corrected chi connectivity index (χ4v) is 1.43. The quantitative estimate of drug-likeness (QED) is 0.544. The number of aromatic carboxylic acids is 1. The van der Waals surface area contributed by atoms with Crippen LogP contribution in [0, 0.1) is 15.9 Å². The van der Waals surface area contributed by atoms with Crippen molar-refractivity contribution in [3.63, 3.8) is 0 Å². The van der Waals surface area contributed by atoms with E-state index in [1.807, 2.05) is 0 Å². The molecule has 0 aliphatic carbocycles. The first-order valence-electron chi connectivity index (χ1n) is 5.85. The lowest BCUT2D eigenvalue weighted by atomic mass is 10.0. The number of nitrogens with one attached hydrogen (secondary N) is 1. The van der Waals surface area contributed by atoms with Crippen LogP contribution < -0.4 is 5.32 Å². The first kappa shape index (κ1) is 15.8. The summed E-state index contributed by atoms with van der Waals surface area (Å²) in [5, 5.41) is 32.1. The van der Waals surface area contributed by atoms with Crippen LogP contribution in [-0.2, 0) is 0 Å². The number of nitro groups is 1. The molecule has 110 valence electrons. The minimum atomic E-state index is -1.53. The van der Waals surface area contributed by atoms with Gasteiger partial charge in [-0.2, -0.15) is 0 Å². The summed E-state index contributed by atoms with van der Waals surface area (Å²) in [6, 6.07) is 1.40. The van der Waals surface area contributed by atoms with Crippen molar-refractivity contribution in [2.45, 2.75) is 25.9 Å². The Morgan fingerprint density at radius 3 is 2.60 bits per heavy atom. The lowest BCUT2D eigenvalue weighted by Crippen LogP contribution is -2.32. The third-order valence-electron chi connectivity index (χ3n) is 2.93. The lowest BCUT2D eigenvalue weighted by molar-refractivity contribution is -0.384. The van der Waals surface area contributed by atoms with Crippen LogP contribution in [0.3, 0.4) is 0 Å². The molecule has 1 unspecified atom stereocenters. The van der Waals surface area contributed by atoms with Gasteiger partial charge in [0.25, 0.3) is 5.69 Å². The number of halogens is 1. The molecule has 7 nitrogen and oxygen atoms in total. The number of nitrogens with zero attached hydrogens (tertiary/aromatic N) is 1.